The Morgan fingerprint density at radius 3 is 2.50 bits per heavy atom. The summed E-state index contributed by atoms with van der Waals surface area (Å²) >= 11 is 0. The first-order chi connectivity index (χ1) is 9.74. The lowest BCUT2D eigenvalue weighted by molar-refractivity contribution is 0.419. The van der Waals surface area contributed by atoms with Gasteiger partial charge < -0.3 is 10.0 Å². The van der Waals surface area contributed by atoms with Crippen molar-refractivity contribution in [2.24, 2.45) is 0 Å². The van der Waals surface area contributed by atoms with Gasteiger partial charge >= 0.3 is 7.12 Å². The fourth-order valence-corrected chi connectivity index (χ4v) is 3.53. The number of hydrogen-bond donors (Lipinski definition) is 2. The third kappa shape index (κ3) is 3.86. The molecule has 1 aliphatic rings. The molecule has 0 radical (unpaired) electrons. The molecule has 2 N–H and O–H groups in total. The van der Waals surface area contributed by atoms with Crippen LogP contribution in [0.15, 0.2) is 18.2 Å². The average Bonchev–Trinajstić information content (AvgIpc) is 2.48. The highest BCUT2D eigenvalue weighted by Crippen LogP contribution is 2.34. The molecular formula is C17H27BO2. The van der Waals surface area contributed by atoms with Crippen LogP contribution in [0, 0.1) is 0 Å². The summed E-state index contributed by atoms with van der Waals surface area (Å²) in [5.74, 6) is 0.526. The predicted octanol–water partition coefficient (Wildman–Crippen LogP) is 3.15. The van der Waals surface area contributed by atoms with E-state index in [1.807, 2.05) is 12.1 Å². The van der Waals surface area contributed by atoms with Gasteiger partial charge in [-0.05, 0) is 48.2 Å². The van der Waals surface area contributed by atoms with E-state index in [2.05, 4.69) is 13.0 Å². The van der Waals surface area contributed by atoms with Gasteiger partial charge in [0.15, 0.2) is 0 Å². The molecule has 0 spiro atoms. The average molecular weight is 274 g/mol. The second-order valence-electron chi connectivity index (χ2n) is 6.09. The van der Waals surface area contributed by atoms with Gasteiger partial charge in [0, 0.05) is 0 Å². The molecule has 110 valence electrons. The molecule has 0 heterocycles. The van der Waals surface area contributed by atoms with E-state index in [9.17, 15) is 10.0 Å². The number of hydrogen-bond acceptors (Lipinski definition) is 2. The van der Waals surface area contributed by atoms with E-state index in [0.717, 1.165) is 11.9 Å². The molecule has 0 amide bonds. The first kappa shape index (κ1) is 15.6. The van der Waals surface area contributed by atoms with Gasteiger partial charge in [0.1, 0.15) is 0 Å². The lowest BCUT2D eigenvalue weighted by Crippen LogP contribution is -2.35. The van der Waals surface area contributed by atoms with E-state index in [1.165, 1.54) is 62.5 Å². The Morgan fingerprint density at radius 2 is 1.85 bits per heavy atom. The lowest BCUT2D eigenvalue weighted by Gasteiger charge is -2.27. The van der Waals surface area contributed by atoms with Crippen LogP contribution in [-0.4, -0.2) is 17.2 Å². The van der Waals surface area contributed by atoms with E-state index < -0.39 is 7.12 Å². The van der Waals surface area contributed by atoms with E-state index in [0.29, 0.717) is 5.92 Å². The minimum Gasteiger partial charge on any atom is -0.423 e. The molecule has 0 atom stereocenters. The van der Waals surface area contributed by atoms with Gasteiger partial charge in [-0.25, -0.2) is 0 Å². The number of unbranched alkanes of at least 4 members (excludes halogenated alkanes) is 2. The van der Waals surface area contributed by atoms with Crippen molar-refractivity contribution in [3.8, 4) is 0 Å². The van der Waals surface area contributed by atoms with Crippen LogP contribution in [0.3, 0.4) is 0 Å². The molecule has 1 saturated carbocycles. The van der Waals surface area contributed by atoms with Crippen molar-refractivity contribution >= 4 is 12.6 Å². The van der Waals surface area contributed by atoms with Crippen LogP contribution in [0.2, 0.25) is 0 Å². The van der Waals surface area contributed by atoms with Gasteiger partial charge in [0.05, 0.1) is 0 Å². The van der Waals surface area contributed by atoms with E-state index in [4.69, 9.17) is 0 Å². The smallest absolute Gasteiger partial charge is 0.423 e. The van der Waals surface area contributed by atoms with Gasteiger partial charge in [-0.3, -0.25) is 0 Å². The first-order valence-electron chi connectivity index (χ1n) is 8.21. The summed E-state index contributed by atoms with van der Waals surface area (Å²) in [6, 6.07) is 6.05. The van der Waals surface area contributed by atoms with Crippen LogP contribution in [0.4, 0.5) is 0 Å². The fraction of sp³-hybridized carbons (Fsp3) is 0.647. The number of aryl methyl sites for hydroxylation is 1. The Morgan fingerprint density at radius 1 is 1.10 bits per heavy atom. The topological polar surface area (TPSA) is 40.5 Å². The molecule has 0 unspecified atom stereocenters. The first-order valence-corrected chi connectivity index (χ1v) is 8.21. The molecule has 0 saturated heterocycles. The molecule has 1 fully saturated rings. The Kier molecular flexibility index (Phi) is 6.12. The molecule has 20 heavy (non-hydrogen) atoms. The summed E-state index contributed by atoms with van der Waals surface area (Å²) in [7, 11) is -1.34. The molecule has 0 aromatic heterocycles. The molecule has 2 nitrogen and oxygen atoms in total. The van der Waals surface area contributed by atoms with Crippen LogP contribution < -0.4 is 5.46 Å². The van der Waals surface area contributed by atoms with Crippen molar-refractivity contribution in [1.29, 1.82) is 0 Å². The number of rotatable bonds is 6. The highest BCUT2D eigenvalue weighted by atomic mass is 16.4. The van der Waals surface area contributed by atoms with E-state index >= 15 is 0 Å². The quantitative estimate of drug-likeness (QED) is 0.618. The molecular weight excluding hydrogens is 247 g/mol. The lowest BCUT2D eigenvalue weighted by atomic mass is 9.69. The Bertz CT molecular complexity index is 411. The maximum absolute atomic E-state index is 9.69. The normalized spacial score (nSPS) is 16.4. The Labute approximate surface area is 123 Å². The molecule has 1 aromatic rings. The molecule has 0 bridgehead atoms. The zero-order valence-electron chi connectivity index (χ0n) is 12.6. The Balaban J connectivity index is 2.26. The van der Waals surface area contributed by atoms with Gasteiger partial charge in [0.25, 0.3) is 0 Å². The summed E-state index contributed by atoms with van der Waals surface area (Å²) in [5, 5.41) is 19.4. The SMILES string of the molecule is CCCCCc1cccc(B(O)O)c1C1CCCCC1. The van der Waals surface area contributed by atoms with Crippen molar-refractivity contribution in [2.75, 3.05) is 0 Å². The molecule has 2 rings (SSSR count). The van der Waals surface area contributed by atoms with Crippen molar-refractivity contribution in [3.05, 3.63) is 29.3 Å². The summed E-state index contributed by atoms with van der Waals surface area (Å²) in [6.45, 7) is 2.22. The van der Waals surface area contributed by atoms with Crippen LogP contribution in [-0.2, 0) is 6.42 Å². The second-order valence-corrected chi connectivity index (χ2v) is 6.09. The third-order valence-electron chi connectivity index (χ3n) is 4.57. The van der Waals surface area contributed by atoms with Crippen molar-refractivity contribution < 1.29 is 10.0 Å². The molecule has 1 aliphatic carbocycles. The maximum Gasteiger partial charge on any atom is 0.488 e. The molecule has 3 heteroatoms. The number of benzene rings is 1. The van der Waals surface area contributed by atoms with Crippen LogP contribution in [0.25, 0.3) is 0 Å². The highest BCUT2D eigenvalue weighted by Gasteiger charge is 2.25. The van der Waals surface area contributed by atoms with Gasteiger partial charge in [-0.15, -0.1) is 0 Å². The Hall–Kier alpha value is -0.795. The highest BCUT2D eigenvalue weighted by molar-refractivity contribution is 6.59. The van der Waals surface area contributed by atoms with Gasteiger partial charge in [0.2, 0.25) is 0 Å². The maximum atomic E-state index is 9.69. The fourth-order valence-electron chi connectivity index (χ4n) is 3.53. The monoisotopic (exact) mass is 274 g/mol. The van der Waals surface area contributed by atoms with E-state index in [-0.39, 0.29) is 0 Å². The molecule has 1 aromatic carbocycles. The van der Waals surface area contributed by atoms with Crippen molar-refractivity contribution in [1.82, 2.24) is 0 Å². The van der Waals surface area contributed by atoms with Crippen LogP contribution >= 0.6 is 0 Å². The predicted molar refractivity (Wildman–Crippen MR) is 85.3 cm³/mol. The minimum absolute atomic E-state index is 0.526. The zero-order chi connectivity index (χ0) is 14.4. The third-order valence-corrected chi connectivity index (χ3v) is 4.57. The minimum atomic E-state index is -1.34. The van der Waals surface area contributed by atoms with Crippen LogP contribution in [0.1, 0.15) is 75.3 Å². The van der Waals surface area contributed by atoms with Crippen molar-refractivity contribution in [2.45, 2.75) is 70.6 Å². The summed E-state index contributed by atoms with van der Waals surface area (Å²) in [6.07, 6.45) is 11.0. The zero-order valence-corrected chi connectivity index (χ0v) is 12.6. The van der Waals surface area contributed by atoms with E-state index in [1.54, 1.807) is 0 Å². The van der Waals surface area contributed by atoms with Crippen LogP contribution in [0.5, 0.6) is 0 Å². The standard InChI is InChI=1S/C17H27BO2/c1-2-3-5-9-15-12-8-13-16(18(19)20)17(15)14-10-6-4-7-11-14/h8,12-14,19-20H,2-7,9-11H2,1H3. The largest absolute Gasteiger partial charge is 0.488 e. The van der Waals surface area contributed by atoms with Crippen molar-refractivity contribution in [3.63, 3.8) is 0 Å². The summed E-state index contributed by atoms with van der Waals surface area (Å²) in [4.78, 5) is 0. The summed E-state index contributed by atoms with van der Waals surface area (Å²) in [5.41, 5.74) is 3.33. The second kappa shape index (κ2) is 7.85. The molecule has 0 aliphatic heterocycles. The summed E-state index contributed by atoms with van der Waals surface area (Å²) < 4.78 is 0. The van der Waals surface area contributed by atoms with Gasteiger partial charge in [-0.2, -0.15) is 0 Å². The van der Waals surface area contributed by atoms with Gasteiger partial charge in [-0.1, -0.05) is 57.2 Å².